The minimum absolute atomic E-state index is 0.0803. The van der Waals surface area contributed by atoms with Gasteiger partial charge in [-0.25, -0.2) is 0 Å². The number of benzene rings is 1. The molecule has 188 valence electrons. The smallest absolute Gasteiger partial charge is 0.253 e. The van der Waals surface area contributed by atoms with Gasteiger partial charge in [-0.1, -0.05) is 11.6 Å². The topological polar surface area (TPSA) is 113 Å². The third kappa shape index (κ3) is 5.79. The van der Waals surface area contributed by atoms with Crippen molar-refractivity contribution in [1.29, 1.82) is 0 Å². The van der Waals surface area contributed by atoms with E-state index in [2.05, 4.69) is 20.3 Å². The first kappa shape index (κ1) is 25.1. The average molecular weight is 502 g/mol. The number of hydrogen-bond donors (Lipinski definition) is 3. The van der Waals surface area contributed by atoms with Crippen molar-refractivity contribution in [3.8, 4) is 11.6 Å². The Morgan fingerprint density at radius 3 is 2.66 bits per heavy atom. The summed E-state index contributed by atoms with van der Waals surface area (Å²) in [5.74, 6) is 1.07. The van der Waals surface area contributed by atoms with Crippen molar-refractivity contribution in [2.75, 3.05) is 19.4 Å². The highest BCUT2D eigenvalue weighted by molar-refractivity contribution is 6.35. The third-order valence-electron chi connectivity index (χ3n) is 5.98. The first-order valence-electron chi connectivity index (χ1n) is 11.8. The first-order chi connectivity index (χ1) is 16.5. The average Bonchev–Trinajstić information content (AvgIpc) is 3.16. The molecule has 1 fully saturated rings. The zero-order valence-corrected chi connectivity index (χ0v) is 21.4. The van der Waals surface area contributed by atoms with E-state index >= 15 is 0 Å². The molecule has 0 aliphatic heterocycles. The minimum Gasteiger partial charge on any atom is -0.489 e. The number of aliphatic hydroxyl groups is 1. The number of carbonyl (C=O) groups is 1. The predicted molar refractivity (Wildman–Crippen MR) is 136 cm³/mol. The fourth-order valence-corrected chi connectivity index (χ4v) is 4.31. The summed E-state index contributed by atoms with van der Waals surface area (Å²) in [5, 5.41) is 14.6. The summed E-state index contributed by atoms with van der Waals surface area (Å²) in [4.78, 5) is 26.2. The Morgan fingerprint density at radius 2 is 2.00 bits per heavy atom. The summed E-state index contributed by atoms with van der Waals surface area (Å²) in [7, 11) is 3.41. The Balaban J connectivity index is 1.66. The fraction of sp³-hybridized carbons (Fsp3) is 0.480. The lowest BCUT2D eigenvalue weighted by molar-refractivity contribution is -0.0114. The van der Waals surface area contributed by atoms with Crippen LogP contribution >= 0.6 is 11.6 Å². The van der Waals surface area contributed by atoms with Gasteiger partial charge in [-0.15, -0.1) is 0 Å². The van der Waals surface area contributed by atoms with Gasteiger partial charge in [0.15, 0.2) is 0 Å². The predicted octanol–water partition coefficient (Wildman–Crippen LogP) is 4.92. The van der Waals surface area contributed by atoms with Gasteiger partial charge in [0, 0.05) is 25.9 Å². The summed E-state index contributed by atoms with van der Waals surface area (Å²) in [5.41, 5.74) is 1.01. The normalized spacial score (nSPS) is 20.2. The molecule has 2 aromatic heterocycles. The number of fused-ring (bicyclic) bond motifs is 1. The molecule has 0 saturated heterocycles. The quantitative estimate of drug-likeness (QED) is 0.421. The molecule has 3 N–H and O–H groups in total. The summed E-state index contributed by atoms with van der Waals surface area (Å²) in [6.07, 6.45) is 4.22. The van der Waals surface area contributed by atoms with Crippen molar-refractivity contribution in [1.82, 2.24) is 19.9 Å². The molecule has 4 rings (SSSR count). The zero-order chi connectivity index (χ0) is 25.3. The standard InChI is InChI=1S/C25H32ClN5O4/c1-14(2)34-19-12-15(23(32)31(4)5)6-7-18(19)28-24-29-21-20(17(26)13-27-21)22(30-24)35-16-8-10-25(3,33)11-9-16/h6-7,12-14,16,33H,8-11H2,1-5H3,(H2,27,28,29,30)/t16-,25+. The van der Waals surface area contributed by atoms with Gasteiger partial charge in [-0.3, -0.25) is 4.79 Å². The molecule has 2 heterocycles. The number of ether oxygens (including phenoxy) is 2. The second-order valence-corrected chi connectivity index (χ2v) is 10.1. The van der Waals surface area contributed by atoms with E-state index in [1.54, 1.807) is 38.5 Å². The van der Waals surface area contributed by atoms with Gasteiger partial charge >= 0.3 is 0 Å². The molecule has 0 unspecified atom stereocenters. The van der Waals surface area contributed by atoms with Gasteiger partial charge in [0.1, 0.15) is 17.5 Å². The Morgan fingerprint density at radius 1 is 1.29 bits per heavy atom. The fourth-order valence-electron chi connectivity index (χ4n) is 4.08. The summed E-state index contributed by atoms with van der Waals surface area (Å²) < 4.78 is 12.2. The molecule has 1 aliphatic rings. The maximum atomic E-state index is 12.5. The molecular formula is C25H32ClN5O4. The molecule has 3 aromatic rings. The lowest BCUT2D eigenvalue weighted by atomic mass is 9.85. The van der Waals surface area contributed by atoms with Crippen LogP contribution in [0, 0.1) is 0 Å². The van der Waals surface area contributed by atoms with E-state index in [4.69, 9.17) is 21.1 Å². The van der Waals surface area contributed by atoms with Crippen molar-refractivity contribution in [2.24, 2.45) is 0 Å². The molecule has 10 heteroatoms. The summed E-state index contributed by atoms with van der Waals surface area (Å²) in [6.45, 7) is 5.69. The van der Waals surface area contributed by atoms with Crippen LogP contribution in [0.5, 0.6) is 11.6 Å². The van der Waals surface area contributed by atoms with E-state index in [0.717, 1.165) is 12.8 Å². The zero-order valence-electron chi connectivity index (χ0n) is 20.7. The van der Waals surface area contributed by atoms with Crippen molar-refractivity contribution < 1.29 is 19.4 Å². The van der Waals surface area contributed by atoms with E-state index in [0.29, 0.717) is 57.7 Å². The minimum atomic E-state index is -0.660. The second kappa shape index (κ2) is 9.91. The number of nitrogens with one attached hydrogen (secondary N) is 2. The molecule has 1 saturated carbocycles. The number of carbonyl (C=O) groups excluding carboxylic acids is 1. The molecule has 35 heavy (non-hydrogen) atoms. The van der Waals surface area contributed by atoms with Crippen LogP contribution in [0.1, 0.15) is 56.8 Å². The van der Waals surface area contributed by atoms with E-state index in [1.807, 2.05) is 20.8 Å². The number of rotatable bonds is 7. The number of hydrogen-bond acceptors (Lipinski definition) is 7. The van der Waals surface area contributed by atoms with Crippen LogP contribution in [0.3, 0.4) is 0 Å². The van der Waals surface area contributed by atoms with Crippen LogP contribution in [-0.2, 0) is 0 Å². The van der Waals surface area contributed by atoms with E-state index < -0.39 is 5.60 Å². The van der Waals surface area contributed by atoms with Gasteiger partial charge in [-0.2, -0.15) is 9.97 Å². The number of anilines is 2. The lowest BCUT2D eigenvalue weighted by Crippen LogP contribution is -2.35. The van der Waals surface area contributed by atoms with Crippen LogP contribution < -0.4 is 14.8 Å². The largest absolute Gasteiger partial charge is 0.489 e. The second-order valence-electron chi connectivity index (χ2n) is 9.73. The van der Waals surface area contributed by atoms with Gasteiger partial charge in [-0.05, 0) is 64.7 Å². The maximum absolute atomic E-state index is 12.5. The molecule has 0 atom stereocenters. The Labute approximate surface area is 209 Å². The maximum Gasteiger partial charge on any atom is 0.253 e. The third-order valence-corrected chi connectivity index (χ3v) is 6.28. The van der Waals surface area contributed by atoms with Crippen molar-refractivity contribution in [3.05, 3.63) is 35.0 Å². The van der Waals surface area contributed by atoms with Crippen molar-refractivity contribution in [3.63, 3.8) is 0 Å². The van der Waals surface area contributed by atoms with Crippen LogP contribution in [0.25, 0.3) is 11.0 Å². The van der Waals surface area contributed by atoms with Gasteiger partial charge in [0.05, 0.1) is 27.8 Å². The number of H-pyrrole nitrogens is 1. The Kier molecular flexibility index (Phi) is 7.10. The SMILES string of the molecule is CC(C)Oc1cc(C(=O)N(C)C)ccc1Nc1nc(O[C@H]2CC[C@@](C)(O)CC2)c2c(Cl)c[nH]c2n1. The molecule has 9 nitrogen and oxygen atoms in total. The lowest BCUT2D eigenvalue weighted by Gasteiger charge is -2.33. The molecular weight excluding hydrogens is 470 g/mol. The monoisotopic (exact) mass is 501 g/mol. The van der Waals surface area contributed by atoms with Crippen LogP contribution in [0.15, 0.2) is 24.4 Å². The summed E-state index contributed by atoms with van der Waals surface area (Å²) in [6, 6.07) is 5.21. The van der Waals surface area contributed by atoms with E-state index in [-0.39, 0.29) is 18.1 Å². The number of aromatic nitrogens is 3. The van der Waals surface area contributed by atoms with Crippen LogP contribution in [0.4, 0.5) is 11.6 Å². The van der Waals surface area contributed by atoms with Crippen LogP contribution in [0.2, 0.25) is 5.02 Å². The molecule has 1 aliphatic carbocycles. The number of nitrogens with zero attached hydrogens (tertiary/aromatic N) is 3. The van der Waals surface area contributed by atoms with E-state index in [9.17, 15) is 9.90 Å². The van der Waals surface area contributed by atoms with Crippen molar-refractivity contribution >= 4 is 40.2 Å². The summed E-state index contributed by atoms with van der Waals surface area (Å²) >= 11 is 6.40. The van der Waals surface area contributed by atoms with Crippen molar-refractivity contribution in [2.45, 2.75) is 64.3 Å². The molecule has 0 bridgehead atoms. The highest BCUT2D eigenvalue weighted by atomic mass is 35.5. The highest BCUT2D eigenvalue weighted by Crippen LogP contribution is 2.36. The Bertz CT molecular complexity index is 1210. The highest BCUT2D eigenvalue weighted by Gasteiger charge is 2.30. The number of aromatic amines is 1. The Hall–Kier alpha value is -3.04. The molecule has 0 radical (unpaired) electrons. The van der Waals surface area contributed by atoms with Gasteiger partial charge < -0.3 is 29.8 Å². The molecule has 1 aromatic carbocycles. The number of amides is 1. The molecule has 0 spiro atoms. The first-order valence-corrected chi connectivity index (χ1v) is 12.1. The number of halogens is 1. The van der Waals surface area contributed by atoms with E-state index in [1.165, 1.54) is 4.90 Å². The molecule has 1 amide bonds. The van der Waals surface area contributed by atoms with Gasteiger partial charge in [0.2, 0.25) is 11.8 Å². The van der Waals surface area contributed by atoms with Crippen LogP contribution in [-0.4, -0.2) is 62.8 Å². The van der Waals surface area contributed by atoms with Gasteiger partial charge in [0.25, 0.3) is 5.91 Å².